The van der Waals surface area contributed by atoms with Crippen LogP contribution in [0.4, 0.5) is 4.79 Å². The Balaban J connectivity index is 1.86. The van der Waals surface area contributed by atoms with Crippen molar-refractivity contribution in [3.05, 3.63) is 0 Å². The second-order valence-electron chi connectivity index (χ2n) is 4.42. The molecule has 14 heavy (non-hydrogen) atoms. The number of likely N-dealkylation sites (tertiary alicyclic amines) is 1. The van der Waals surface area contributed by atoms with E-state index in [1.807, 2.05) is 4.90 Å². The summed E-state index contributed by atoms with van der Waals surface area (Å²) in [6.07, 6.45) is 5.17. The number of carbonyl (C=O) groups is 1. The van der Waals surface area contributed by atoms with Crippen LogP contribution in [0.15, 0.2) is 0 Å². The molecule has 0 bridgehead atoms. The van der Waals surface area contributed by atoms with Gasteiger partial charge in [0.25, 0.3) is 0 Å². The second kappa shape index (κ2) is 3.77. The SMILES string of the molecule is O=C(NC1(CO)CCC1)N1CCCC1. The van der Waals surface area contributed by atoms with Crippen molar-refractivity contribution in [2.45, 2.75) is 37.6 Å². The zero-order chi connectivity index (χ0) is 10.0. The molecule has 2 fully saturated rings. The molecule has 4 heteroatoms. The summed E-state index contributed by atoms with van der Waals surface area (Å²) in [5.74, 6) is 0. The molecule has 1 aliphatic carbocycles. The van der Waals surface area contributed by atoms with Crippen LogP contribution in [-0.4, -0.2) is 41.3 Å². The Bertz CT molecular complexity index is 215. The predicted octanol–water partition coefficient (Wildman–Crippen LogP) is 0.707. The van der Waals surface area contributed by atoms with Crippen molar-refractivity contribution in [1.29, 1.82) is 0 Å². The van der Waals surface area contributed by atoms with Crippen molar-refractivity contribution in [3.63, 3.8) is 0 Å². The summed E-state index contributed by atoms with van der Waals surface area (Å²) >= 11 is 0. The van der Waals surface area contributed by atoms with Gasteiger partial charge in [0.15, 0.2) is 0 Å². The third-order valence-electron chi connectivity index (χ3n) is 3.38. The topological polar surface area (TPSA) is 52.6 Å². The first-order valence-electron chi connectivity index (χ1n) is 5.44. The number of carbonyl (C=O) groups excluding carboxylic acids is 1. The molecule has 0 aromatic carbocycles. The summed E-state index contributed by atoms with van der Waals surface area (Å²) < 4.78 is 0. The highest BCUT2D eigenvalue weighted by atomic mass is 16.3. The van der Waals surface area contributed by atoms with E-state index in [2.05, 4.69) is 5.32 Å². The van der Waals surface area contributed by atoms with E-state index in [4.69, 9.17) is 0 Å². The number of urea groups is 1. The number of hydrogen-bond donors (Lipinski definition) is 2. The third-order valence-corrected chi connectivity index (χ3v) is 3.38. The Labute approximate surface area is 84.3 Å². The van der Waals surface area contributed by atoms with E-state index in [1.54, 1.807) is 0 Å². The lowest BCUT2D eigenvalue weighted by molar-refractivity contribution is 0.0890. The van der Waals surface area contributed by atoms with E-state index >= 15 is 0 Å². The Morgan fingerprint density at radius 3 is 2.36 bits per heavy atom. The fourth-order valence-electron chi connectivity index (χ4n) is 2.15. The molecule has 2 rings (SSSR count). The molecule has 0 radical (unpaired) electrons. The fraction of sp³-hybridized carbons (Fsp3) is 0.900. The van der Waals surface area contributed by atoms with Gasteiger partial charge in [0.05, 0.1) is 12.1 Å². The van der Waals surface area contributed by atoms with Crippen LogP contribution in [0, 0.1) is 0 Å². The molecule has 1 saturated carbocycles. The Kier molecular flexibility index (Phi) is 2.63. The Morgan fingerprint density at radius 2 is 1.93 bits per heavy atom. The number of aliphatic hydroxyl groups is 1. The van der Waals surface area contributed by atoms with E-state index in [1.165, 1.54) is 0 Å². The maximum absolute atomic E-state index is 11.7. The summed E-state index contributed by atoms with van der Waals surface area (Å²) in [5, 5.41) is 12.2. The summed E-state index contributed by atoms with van der Waals surface area (Å²) in [6, 6.07) is 0.0104. The molecule has 80 valence electrons. The van der Waals surface area contributed by atoms with Crippen LogP contribution in [-0.2, 0) is 0 Å². The van der Waals surface area contributed by atoms with Gasteiger partial charge in [0, 0.05) is 13.1 Å². The van der Waals surface area contributed by atoms with Crippen LogP contribution in [0.2, 0.25) is 0 Å². The summed E-state index contributed by atoms with van der Waals surface area (Å²) in [6.45, 7) is 1.81. The van der Waals surface area contributed by atoms with Gasteiger partial charge in [-0.15, -0.1) is 0 Å². The van der Waals surface area contributed by atoms with Gasteiger partial charge >= 0.3 is 6.03 Å². The number of nitrogens with one attached hydrogen (secondary N) is 1. The maximum Gasteiger partial charge on any atom is 0.317 e. The quantitative estimate of drug-likeness (QED) is 0.686. The summed E-state index contributed by atoms with van der Waals surface area (Å²) in [7, 11) is 0. The van der Waals surface area contributed by atoms with Crippen molar-refractivity contribution in [3.8, 4) is 0 Å². The van der Waals surface area contributed by atoms with Crippen molar-refractivity contribution in [2.75, 3.05) is 19.7 Å². The lowest BCUT2D eigenvalue weighted by Gasteiger charge is -2.41. The van der Waals surface area contributed by atoms with Crippen LogP contribution in [0.25, 0.3) is 0 Å². The van der Waals surface area contributed by atoms with Crippen molar-refractivity contribution in [1.82, 2.24) is 10.2 Å². The first-order chi connectivity index (χ1) is 6.76. The van der Waals surface area contributed by atoms with Gasteiger partial charge in [-0.3, -0.25) is 0 Å². The molecule has 1 saturated heterocycles. The Morgan fingerprint density at radius 1 is 1.29 bits per heavy atom. The van der Waals surface area contributed by atoms with Gasteiger partial charge in [0.2, 0.25) is 0 Å². The molecule has 0 unspecified atom stereocenters. The molecular weight excluding hydrogens is 180 g/mol. The highest BCUT2D eigenvalue weighted by Gasteiger charge is 2.38. The van der Waals surface area contributed by atoms with Gasteiger partial charge in [-0.2, -0.15) is 0 Å². The van der Waals surface area contributed by atoms with E-state index in [0.717, 1.165) is 45.2 Å². The highest BCUT2D eigenvalue weighted by molar-refractivity contribution is 5.75. The normalized spacial score (nSPS) is 24.5. The molecular formula is C10H18N2O2. The van der Waals surface area contributed by atoms with Gasteiger partial charge in [0.1, 0.15) is 0 Å². The summed E-state index contributed by atoms with van der Waals surface area (Å²) in [5.41, 5.74) is -0.292. The van der Waals surface area contributed by atoms with E-state index in [0.29, 0.717) is 0 Å². The highest BCUT2D eigenvalue weighted by Crippen LogP contribution is 2.31. The molecule has 2 aliphatic rings. The molecule has 1 heterocycles. The van der Waals surface area contributed by atoms with Crippen molar-refractivity contribution >= 4 is 6.03 Å². The number of nitrogens with zero attached hydrogens (tertiary/aromatic N) is 1. The molecule has 0 spiro atoms. The van der Waals surface area contributed by atoms with Crippen LogP contribution in [0.5, 0.6) is 0 Å². The van der Waals surface area contributed by atoms with Crippen LogP contribution < -0.4 is 5.32 Å². The second-order valence-corrected chi connectivity index (χ2v) is 4.42. The molecule has 0 aromatic rings. The number of rotatable bonds is 2. The van der Waals surface area contributed by atoms with Crippen molar-refractivity contribution < 1.29 is 9.90 Å². The zero-order valence-corrected chi connectivity index (χ0v) is 8.46. The first-order valence-corrected chi connectivity index (χ1v) is 5.44. The average molecular weight is 198 g/mol. The van der Waals surface area contributed by atoms with Gasteiger partial charge in [-0.1, -0.05) is 0 Å². The summed E-state index contributed by atoms with van der Waals surface area (Å²) in [4.78, 5) is 13.6. The van der Waals surface area contributed by atoms with E-state index < -0.39 is 0 Å². The van der Waals surface area contributed by atoms with Crippen LogP contribution in [0.3, 0.4) is 0 Å². The van der Waals surface area contributed by atoms with Gasteiger partial charge in [-0.25, -0.2) is 4.79 Å². The minimum atomic E-state index is -0.292. The Hall–Kier alpha value is -0.770. The van der Waals surface area contributed by atoms with Crippen LogP contribution in [0.1, 0.15) is 32.1 Å². The third kappa shape index (κ3) is 1.71. The molecule has 0 aromatic heterocycles. The van der Waals surface area contributed by atoms with Crippen LogP contribution >= 0.6 is 0 Å². The molecule has 4 nitrogen and oxygen atoms in total. The van der Waals surface area contributed by atoms with E-state index in [-0.39, 0.29) is 18.2 Å². The predicted molar refractivity (Wildman–Crippen MR) is 53.0 cm³/mol. The molecule has 2 N–H and O–H groups in total. The average Bonchev–Trinajstić information content (AvgIpc) is 2.63. The minimum absolute atomic E-state index is 0.0104. The molecule has 1 aliphatic heterocycles. The minimum Gasteiger partial charge on any atom is -0.394 e. The first kappa shape index (κ1) is 9.77. The van der Waals surface area contributed by atoms with Gasteiger partial charge in [-0.05, 0) is 32.1 Å². The lowest BCUT2D eigenvalue weighted by atomic mass is 9.77. The lowest BCUT2D eigenvalue weighted by Crippen LogP contribution is -2.58. The largest absolute Gasteiger partial charge is 0.394 e. The number of aliphatic hydroxyl groups excluding tert-OH is 1. The fourth-order valence-corrected chi connectivity index (χ4v) is 2.15. The standard InChI is InChI=1S/C10H18N2O2/c13-8-10(4-3-5-10)11-9(14)12-6-1-2-7-12/h13H,1-8H2,(H,11,14). The smallest absolute Gasteiger partial charge is 0.317 e. The molecule has 2 amide bonds. The molecule has 0 atom stereocenters. The maximum atomic E-state index is 11.7. The monoisotopic (exact) mass is 198 g/mol. The number of hydrogen-bond acceptors (Lipinski definition) is 2. The zero-order valence-electron chi connectivity index (χ0n) is 8.46. The van der Waals surface area contributed by atoms with Gasteiger partial charge < -0.3 is 15.3 Å². The van der Waals surface area contributed by atoms with Crippen molar-refractivity contribution in [2.24, 2.45) is 0 Å². The number of amides is 2. The van der Waals surface area contributed by atoms with E-state index in [9.17, 15) is 9.90 Å².